The number of nitrogens with one attached hydrogen (secondary N) is 1. The van der Waals surface area contributed by atoms with Crippen LogP contribution in [0.2, 0.25) is 0 Å². The van der Waals surface area contributed by atoms with E-state index in [1.807, 2.05) is 43.3 Å². The summed E-state index contributed by atoms with van der Waals surface area (Å²) in [6, 6.07) is 15.3. The van der Waals surface area contributed by atoms with Gasteiger partial charge in [0, 0.05) is 24.6 Å². The van der Waals surface area contributed by atoms with Crippen molar-refractivity contribution in [1.29, 1.82) is 0 Å². The summed E-state index contributed by atoms with van der Waals surface area (Å²) in [6.07, 6.45) is 1.46. The van der Waals surface area contributed by atoms with Crippen LogP contribution in [0.25, 0.3) is 0 Å². The number of anilines is 1. The van der Waals surface area contributed by atoms with Gasteiger partial charge in [0.05, 0.1) is 0 Å². The Bertz CT molecular complexity index is 727. The van der Waals surface area contributed by atoms with Crippen LogP contribution in [0, 0.1) is 6.92 Å². The van der Waals surface area contributed by atoms with E-state index in [0.29, 0.717) is 37.3 Å². The zero-order valence-corrected chi connectivity index (χ0v) is 14.3. The summed E-state index contributed by atoms with van der Waals surface area (Å²) >= 11 is 0. The number of carbonyl (C=O) groups excluding carboxylic acids is 1. The number of hydrogen-bond donors (Lipinski definition) is 2. The fourth-order valence-corrected chi connectivity index (χ4v) is 2.38. The molecule has 0 bridgehead atoms. The van der Waals surface area contributed by atoms with Gasteiger partial charge in [0.15, 0.2) is 0 Å². The molecule has 0 aliphatic rings. The van der Waals surface area contributed by atoms with Crippen LogP contribution in [0.15, 0.2) is 48.5 Å². The number of rotatable bonds is 9. The molecule has 132 valence electrons. The number of aryl methyl sites for hydroxylation is 1. The highest BCUT2D eigenvalue weighted by Crippen LogP contribution is 2.20. The average Bonchev–Trinajstić information content (AvgIpc) is 2.58. The van der Waals surface area contributed by atoms with Crippen molar-refractivity contribution in [3.05, 3.63) is 59.7 Å². The lowest BCUT2D eigenvalue weighted by Gasteiger charge is -2.10. The van der Waals surface area contributed by atoms with Crippen LogP contribution in [0.1, 0.15) is 36.8 Å². The number of amides is 1. The van der Waals surface area contributed by atoms with Gasteiger partial charge in [-0.25, -0.2) is 0 Å². The van der Waals surface area contributed by atoms with E-state index in [1.54, 1.807) is 12.1 Å². The normalized spacial score (nSPS) is 10.3. The van der Waals surface area contributed by atoms with E-state index in [-0.39, 0.29) is 12.3 Å². The molecule has 2 aromatic carbocycles. The predicted molar refractivity (Wildman–Crippen MR) is 96.7 cm³/mol. The number of carboxylic acid groups (broad SMARTS) is 1. The number of aliphatic carboxylic acids is 1. The second-order valence-electron chi connectivity index (χ2n) is 5.89. The van der Waals surface area contributed by atoms with Crippen molar-refractivity contribution in [3.63, 3.8) is 0 Å². The Morgan fingerprint density at radius 3 is 2.56 bits per heavy atom. The summed E-state index contributed by atoms with van der Waals surface area (Å²) in [4.78, 5) is 22.3. The van der Waals surface area contributed by atoms with Gasteiger partial charge < -0.3 is 15.2 Å². The van der Waals surface area contributed by atoms with E-state index < -0.39 is 5.97 Å². The molecule has 0 aliphatic carbocycles. The maximum absolute atomic E-state index is 11.9. The molecule has 2 rings (SSSR count). The fraction of sp³-hybridized carbons (Fsp3) is 0.300. The fourth-order valence-electron chi connectivity index (χ4n) is 2.38. The van der Waals surface area contributed by atoms with Gasteiger partial charge in [-0.2, -0.15) is 0 Å². The Labute approximate surface area is 147 Å². The van der Waals surface area contributed by atoms with Gasteiger partial charge in [-0.3, -0.25) is 9.59 Å². The van der Waals surface area contributed by atoms with Crippen molar-refractivity contribution in [3.8, 4) is 5.75 Å². The predicted octanol–water partition coefficient (Wildman–Crippen LogP) is 4.16. The maximum Gasteiger partial charge on any atom is 0.303 e. The summed E-state index contributed by atoms with van der Waals surface area (Å²) in [6.45, 7) is 2.51. The topological polar surface area (TPSA) is 75.6 Å². The first-order chi connectivity index (χ1) is 12.0. The lowest BCUT2D eigenvalue weighted by atomic mass is 10.1. The molecular weight excluding hydrogens is 318 g/mol. The number of carbonyl (C=O) groups is 2. The molecule has 0 spiro atoms. The second-order valence-corrected chi connectivity index (χ2v) is 5.89. The lowest BCUT2D eigenvalue weighted by Crippen LogP contribution is -2.11. The van der Waals surface area contributed by atoms with Crippen LogP contribution in [0.4, 0.5) is 5.69 Å². The maximum atomic E-state index is 11.9. The van der Waals surface area contributed by atoms with Crippen molar-refractivity contribution in [1.82, 2.24) is 0 Å². The molecule has 5 heteroatoms. The Morgan fingerprint density at radius 1 is 1.04 bits per heavy atom. The summed E-state index contributed by atoms with van der Waals surface area (Å²) in [5, 5.41) is 11.4. The van der Waals surface area contributed by atoms with Crippen LogP contribution in [0.3, 0.4) is 0 Å². The van der Waals surface area contributed by atoms with Crippen molar-refractivity contribution in [2.24, 2.45) is 0 Å². The molecule has 2 aromatic rings. The number of benzene rings is 2. The molecule has 1 amide bonds. The minimum atomic E-state index is -0.834. The summed E-state index contributed by atoms with van der Waals surface area (Å²) < 4.78 is 5.80. The summed E-state index contributed by atoms with van der Waals surface area (Å²) in [5.74, 6) is -0.271. The number of carboxylic acids is 1. The molecule has 0 aromatic heterocycles. The van der Waals surface area contributed by atoms with Gasteiger partial charge in [-0.1, -0.05) is 30.3 Å². The molecule has 0 saturated heterocycles. The van der Waals surface area contributed by atoms with Crippen molar-refractivity contribution >= 4 is 17.6 Å². The number of ether oxygens (including phenoxy) is 1. The smallest absolute Gasteiger partial charge is 0.303 e. The minimum Gasteiger partial charge on any atom is -0.489 e. The van der Waals surface area contributed by atoms with E-state index in [1.165, 1.54) is 5.56 Å². The molecule has 0 atom stereocenters. The van der Waals surface area contributed by atoms with E-state index in [0.717, 1.165) is 5.56 Å². The second kappa shape index (κ2) is 9.47. The molecular formula is C20H23NO4. The molecule has 0 saturated carbocycles. The van der Waals surface area contributed by atoms with Crippen LogP contribution >= 0.6 is 0 Å². The zero-order valence-electron chi connectivity index (χ0n) is 14.3. The summed E-state index contributed by atoms with van der Waals surface area (Å²) in [7, 11) is 0. The third-order valence-electron chi connectivity index (χ3n) is 3.82. The highest BCUT2D eigenvalue weighted by atomic mass is 16.5. The molecule has 2 N–H and O–H groups in total. The summed E-state index contributed by atoms with van der Waals surface area (Å²) in [5.41, 5.74) is 2.97. The number of hydrogen-bond acceptors (Lipinski definition) is 3. The van der Waals surface area contributed by atoms with E-state index >= 15 is 0 Å². The van der Waals surface area contributed by atoms with Gasteiger partial charge >= 0.3 is 5.97 Å². The van der Waals surface area contributed by atoms with Crippen molar-refractivity contribution in [2.75, 3.05) is 5.32 Å². The van der Waals surface area contributed by atoms with Crippen LogP contribution < -0.4 is 10.1 Å². The first-order valence-corrected chi connectivity index (χ1v) is 8.33. The van der Waals surface area contributed by atoms with Crippen LogP contribution in [-0.2, 0) is 16.2 Å². The Hall–Kier alpha value is -2.82. The van der Waals surface area contributed by atoms with Gasteiger partial charge in [0.25, 0.3) is 0 Å². The van der Waals surface area contributed by atoms with E-state index in [2.05, 4.69) is 5.32 Å². The Morgan fingerprint density at radius 2 is 1.80 bits per heavy atom. The van der Waals surface area contributed by atoms with Crippen molar-refractivity contribution in [2.45, 2.75) is 39.2 Å². The monoisotopic (exact) mass is 341 g/mol. The largest absolute Gasteiger partial charge is 0.489 e. The quantitative estimate of drug-likeness (QED) is 0.672. The minimum absolute atomic E-state index is 0.0928. The lowest BCUT2D eigenvalue weighted by molar-refractivity contribution is -0.137. The van der Waals surface area contributed by atoms with Gasteiger partial charge in [-0.15, -0.1) is 0 Å². The van der Waals surface area contributed by atoms with Crippen LogP contribution in [-0.4, -0.2) is 17.0 Å². The van der Waals surface area contributed by atoms with Crippen molar-refractivity contribution < 1.29 is 19.4 Å². The molecule has 0 heterocycles. The highest BCUT2D eigenvalue weighted by molar-refractivity contribution is 5.90. The third kappa shape index (κ3) is 6.67. The third-order valence-corrected chi connectivity index (χ3v) is 3.82. The Kier molecular flexibility index (Phi) is 7.01. The van der Waals surface area contributed by atoms with E-state index in [9.17, 15) is 9.59 Å². The number of unbranched alkanes of at least 4 members (excludes halogenated alkanes) is 1. The molecule has 0 fully saturated rings. The molecule has 0 aliphatic heterocycles. The highest BCUT2D eigenvalue weighted by Gasteiger charge is 2.05. The first-order valence-electron chi connectivity index (χ1n) is 8.33. The zero-order chi connectivity index (χ0) is 18.1. The van der Waals surface area contributed by atoms with Gasteiger partial charge in [0.1, 0.15) is 12.4 Å². The van der Waals surface area contributed by atoms with Gasteiger partial charge in [0.2, 0.25) is 5.91 Å². The first kappa shape index (κ1) is 18.5. The average molecular weight is 341 g/mol. The van der Waals surface area contributed by atoms with E-state index in [4.69, 9.17) is 9.84 Å². The Balaban J connectivity index is 1.83. The molecule has 0 unspecified atom stereocenters. The molecule has 5 nitrogen and oxygen atoms in total. The molecule has 25 heavy (non-hydrogen) atoms. The van der Waals surface area contributed by atoms with Gasteiger partial charge in [-0.05, 0) is 43.0 Å². The molecule has 0 radical (unpaired) electrons. The SMILES string of the molecule is Cc1ccccc1COc1cccc(NC(=O)CCCCC(=O)O)c1. The standard InChI is InChI=1S/C20H23NO4/c1-15-7-2-3-8-16(15)14-25-18-10-6-9-17(13-18)21-19(22)11-4-5-12-20(23)24/h2-3,6-10,13H,4-5,11-12,14H2,1H3,(H,21,22)(H,23,24). The van der Waals surface area contributed by atoms with Crippen LogP contribution in [0.5, 0.6) is 5.75 Å².